The fourth-order valence-electron chi connectivity index (χ4n) is 0.493. The summed E-state index contributed by atoms with van der Waals surface area (Å²) in [5, 5.41) is 10.4. The second-order valence-electron chi connectivity index (χ2n) is 1.67. The number of primary amides is 1. The topological polar surface area (TPSA) is 76.2 Å². The Morgan fingerprint density at radius 3 is 2.90 bits per heavy atom. The van der Waals surface area contributed by atoms with E-state index in [9.17, 15) is 4.79 Å². The van der Waals surface area contributed by atoms with Crippen LogP contribution in [0.3, 0.4) is 0 Å². The van der Waals surface area contributed by atoms with Crippen molar-refractivity contribution in [3.8, 4) is 0 Å². The zero-order valence-corrected chi connectivity index (χ0v) is 5.89. The Hall–Kier alpha value is -0.940. The van der Waals surface area contributed by atoms with Gasteiger partial charge >= 0.3 is 0 Å². The second-order valence-corrected chi connectivity index (χ2v) is 2.52. The number of aliphatic hydroxyl groups excluding tert-OH is 1. The van der Waals surface area contributed by atoms with Crippen LogP contribution in [0.15, 0.2) is 5.38 Å². The van der Waals surface area contributed by atoms with E-state index < -0.39 is 5.91 Å². The molecule has 1 rings (SSSR count). The third kappa shape index (κ3) is 1.31. The minimum atomic E-state index is -0.551. The van der Waals surface area contributed by atoms with Crippen LogP contribution in [-0.2, 0) is 6.61 Å². The zero-order valence-electron chi connectivity index (χ0n) is 5.07. The fourth-order valence-corrected chi connectivity index (χ4v) is 1.15. The Labute approximate surface area is 61.3 Å². The molecule has 0 radical (unpaired) electrons. The molecule has 1 aromatic heterocycles. The summed E-state index contributed by atoms with van der Waals surface area (Å²) in [6.07, 6.45) is 0. The fraction of sp³-hybridized carbons (Fsp3) is 0.200. The maximum absolute atomic E-state index is 10.4. The van der Waals surface area contributed by atoms with Crippen LogP contribution in [0.5, 0.6) is 0 Å². The number of thiazole rings is 1. The van der Waals surface area contributed by atoms with Gasteiger partial charge in [-0.05, 0) is 0 Å². The standard InChI is InChI=1S/C5H6N2O2S/c6-4(9)5-7-3(1-8)2-10-5/h2,8H,1H2,(H2,6,9). The molecule has 54 valence electrons. The van der Waals surface area contributed by atoms with E-state index in [0.29, 0.717) is 5.69 Å². The third-order valence-corrected chi connectivity index (χ3v) is 1.83. The van der Waals surface area contributed by atoms with E-state index in [0.717, 1.165) is 11.3 Å². The van der Waals surface area contributed by atoms with Crippen molar-refractivity contribution in [2.45, 2.75) is 6.61 Å². The molecular formula is C5H6N2O2S. The molecule has 0 aliphatic carbocycles. The first-order valence-electron chi connectivity index (χ1n) is 2.59. The highest BCUT2D eigenvalue weighted by Crippen LogP contribution is 2.07. The predicted molar refractivity (Wildman–Crippen MR) is 36.6 cm³/mol. The zero-order chi connectivity index (χ0) is 7.56. The first kappa shape index (κ1) is 7.17. The van der Waals surface area contributed by atoms with Crippen molar-refractivity contribution in [3.05, 3.63) is 16.1 Å². The van der Waals surface area contributed by atoms with E-state index in [1.54, 1.807) is 5.38 Å². The monoisotopic (exact) mass is 158 g/mol. The van der Waals surface area contributed by atoms with Crippen molar-refractivity contribution >= 4 is 17.2 Å². The van der Waals surface area contributed by atoms with E-state index in [1.807, 2.05) is 0 Å². The number of amides is 1. The van der Waals surface area contributed by atoms with Crippen LogP contribution >= 0.6 is 11.3 Å². The summed E-state index contributed by atoms with van der Waals surface area (Å²) >= 11 is 1.14. The van der Waals surface area contributed by atoms with E-state index in [-0.39, 0.29) is 11.6 Å². The number of carbonyl (C=O) groups is 1. The molecule has 0 spiro atoms. The molecule has 0 atom stereocenters. The summed E-state index contributed by atoms with van der Waals surface area (Å²) in [5.41, 5.74) is 5.39. The van der Waals surface area contributed by atoms with Crippen LogP contribution in [-0.4, -0.2) is 16.0 Å². The van der Waals surface area contributed by atoms with Gasteiger partial charge in [-0.25, -0.2) is 4.98 Å². The first-order valence-corrected chi connectivity index (χ1v) is 3.47. The van der Waals surface area contributed by atoms with Gasteiger partial charge in [0, 0.05) is 5.38 Å². The summed E-state index contributed by atoms with van der Waals surface area (Å²) in [6, 6.07) is 0. The Morgan fingerprint density at radius 1 is 1.90 bits per heavy atom. The maximum atomic E-state index is 10.4. The number of carbonyl (C=O) groups excluding carboxylic acids is 1. The number of hydrogen-bond donors (Lipinski definition) is 2. The molecule has 5 heteroatoms. The van der Waals surface area contributed by atoms with Gasteiger partial charge in [0.2, 0.25) is 0 Å². The SMILES string of the molecule is NC(=O)c1nc(CO)cs1. The minimum absolute atomic E-state index is 0.149. The molecule has 0 aromatic carbocycles. The lowest BCUT2D eigenvalue weighted by Crippen LogP contribution is -2.10. The van der Waals surface area contributed by atoms with E-state index in [2.05, 4.69) is 4.98 Å². The van der Waals surface area contributed by atoms with E-state index in [4.69, 9.17) is 10.8 Å². The van der Waals surface area contributed by atoms with Crippen molar-refractivity contribution < 1.29 is 9.90 Å². The molecule has 0 aliphatic heterocycles. The Morgan fingerprint density at radius 2 is 2.60 bits per heavy atom. The molecular weight excluding hydrogens is 152 g/mol. The molecule has 0 saturated carbocycles. The summed E-state index contributed by atoms with van der Waals surface area (Å²) in [6.45, 7) is -0.149. The third-order valence-electron chi connectivity index (χ3n) is 0.925. The second kappa shape index (κ2) is 2.76. The van der Waals surface area contributed by atoms with Crippen molar-refractivity contribution in [1.29, 1.82) is 0 Å². The van der Waals surface area contributed by atoms with Gasteiger partial charge in [-0.15, -0.1) is 11.3 Å². The summed E-state index contributed by atoms with van der Waals surface area (Å²) in [4.78, 5) is 14.1. The van der Waals surface area contributed by atoms with Gasteiger partial charge in [0.25, 0.3) is 5.91 Å². The molecule has 4 nitrogen and oxygen atoms in total. The van der Waals surface area contributed by atoms with Crippen molar-refractivity contribution in [1.82, 2.24) is 4.98 Å². The molecule has 0 unspecified atom stereocenters. The summed E-state index contributed by atoms with van der Waals surface area (Å²) in [5.74, 6) is -0.551. The van der Waals surface area contributed by atoms with Crippen LogP contribution in [0.25, 0.3) is 0 Å². The van der Waals surface area contributed by atoms with Gasteiger partial charge in [-0.1, -0.05) is 0 Å². The number of rotatable bonds is 2. The lowest BCUT2D eigenvalue weighted by molar-refractivity contribution is 0.0999. The summed E-state index contributed by atoms with van der Waals surface area (Å²) in [7, 11) is 0. The highest BCUT2D eigenvalue weighted by molar-refractivity contribution is 7.11. The van der Waals surface area contributed by atoms with Gasteiger partial charge in [0.15, 0.2) is 5.01 Å². The molecule has 1 heterocycles. The normalized spacial score (nSPS) is 9.70. The molecule has 0 bridgehead atoms. The van der Waals surface area contributed by atoms with Crippen LogP contribution in [0.4, 0.5) is 0 Å². The first-order chi connectivity index (χ1) is 4.74. The summed E-state index contributed by atoms with van der Waals surface area (Å²) < 4.78 is 0. The molecule has 0 fully saturated rings. The van der Waals surface area contributed by atoms with Crippen LogP contribution < -0.4 is 5.73 Å². The van der Waals surface area contributed by atoms with Gasteiger partial charge in [-0.2, -0.15) is 0 Å². The van der Waals surface area contributed by atoms with Gasteiger partial charge in [-0.3, -0.25) is 4.79 Å². The van der Waals surface area contributed by atoms with Crippen molar-refractivity contribution in [2.24, 2.45) is 5.73 Å². The Bertz CT molecular complexity index is 246. The molecule has 1 aromatic rings. The lowest BCUT2D eigenvalue weighted by Gasteiger charge is -1.83. The Kier molecular flexibility index (Phi) is 1.98. The number of aliphatic hydroxyl groups is 1. The molecule has 0 saturated heterocycles. The predicted octanol–water partition coefficient (Wildman–Crippen LogP) is -0.266. The van der Waals surface area contributed by atoms with E-state index >= 15 is 0 Å². The number of hydrogen-bond acceptors (Lipinski definition) is 4. The number of nitrogens with zero attached hydrogens (tertiary/aromatic N) is 1. The van der Waals surface area contributed by atoms with Crippen molar-refractivity contribution in [2.75, 3.05) is 0 Å². The quantitative estimate of drug-likeness (QED) is 0.622. The highest BCUT2D eigenvalue weighted by Gasteiger charge is 2.04. The van der Waals surface area contributed by atoms with Gasteiger partial charge < -0.3 is 10.8 Å². The largest absolute Gasteiger partial charge is 0.390 e. The number of nitrogens with two attached hydrogens (primary N) is 1. The van der Waals surface area contributed by atoms with Crippen LogP contribution in [0.2, 0.25) is 0 Å². The Balaban J connectivity index is 2.88. The maximum Gasteiger partial charge on any atom is 0.277 e. The molecule has 3 N–H and O–H groups in total. The smallest absolute Gasteiger partial charge is 0.277 e. The molecule has 10 heavy (non-hydrogen) atoms. The minimum Gasteiger partial charge on any atom is -0.390 e. The van der Waals surface area contributed by atoms with Gasteiger partial charge in [0.1, 0.15) is 0 Å². The highest BCUT2D eigenvalue weighted by atomic mass is 32.1. The van der Waals surface area contributed by atoms with E-state index in [1.165, 1.54) is 0 Å². The van der Waals surface area contributed by atoms with Crippen LogP contribution in [0, 0.1) is 0 Å². The molecule has 0 aliphatic rings. The van der Waals surface area contributed by atoms with Crippen molar-refractivity contribution in [3.63, 3.8) is 0 Å². The average molecular weight is 158 g/mol. The van der Waals surface area contributed by atoms with Gasteiger partial charge in [0.05, 0.1) is 12.3 Å². The number of aromatic nitrogens is 1. The molecule has 1 amide bonds. The lowest BCUT2D eigenvalue weighted by atomic mass is 10.5. The average Bonchev–Trinajstić information content (AvgIpc) is 2.34. The van der Waals surface area contributed by atoms with Crippen LogP contribution in [0.1, 0.15) is 15.5 Å².